The molecule has 144 valence electrons. The van der Waals surface area contributed by atoms with E-state index in [0.29, 0.717) is 0 Å². The molecule has 0 fully saturated rings. The number of nitrogens with one attached hydrogen (secondary N) is 1. The van der Waals surface area contributed by atoms with E-state index in [1.165, 1.54) is 4.90 Å². The molecule has 0 aliphatic heterocycles. The number of benzene rings is 2. The van der Waals surface area contributed by atoms with Crippen LogP contribution in [-0.4, -0.2) is 48.8 Å². The number of hydrogen-bond donors (Lipinski definition) is 1. The van der Waals surface area contributed by atoms with Crippen molar-refractivity contribution in [3.8, 4) is 0 Å². The number of para-hydroxylation sites is 1. The number of carbonyl (C=O) groups excluding carboxylic acids is 2. The number of aryl methyl sites for hydroxylation is 2. The van der Waals surface area contributed by atoms with Crippen molar-refractivity contribution in [3.63, 3.8) is 0 Å². The number of carbonyl (C=O) groups is 2. The minimum Gasteiger partial charge on any atom is -0.335 e. The predicted molar refractivity (Wildman–Crippen MR) is 110 cm³/mol. The molecule has 0 spiro atoms. The largest absolute Gasteiger partial charge is 0.335 e. The van der Waals surface area contributed by atoms with Gasteiger partial charge in [-0.15, -0.1) is 0 Å². The highest BCUT2D eigenvalue weighted by molar-refractivity contribution is 5.95. The van der Waals surface area contributed by atoms with Crippen LogP contribution >= 0.6 is 0 Å². The summed E-state index contributed by atoms with van der Waals surface area (Å²) in [6.45, 7) is 6.26. The maximum atomic E-state index is 12.5. The lowest BCUT2D eigenvalue weighted by molar-refractivity contribution is -0.134. The fraction of sp³-hybridized carbons (Fsp3) is 0.364. The van der Waals surface area contributed by atoms with Gasteiger partial charge in [-0.1, -0.05) is 48.5 Å². The van der Waals surface area contributed by atoms with Gasteiger partial charge < -0.3 is 10.2 Å². The minimum absolute atomic E-state index is 0.0279. The molecule has 0 bridgehead atoms. The van der Waals surface area contributed by atoms with Crippen molar-refractivity contribution in [2.45, 2.75) is 26.8 Å². The highest BCUT2D eigenvalue weighted by Crippen LogP contribution is 2.20. The van der Waals surface area contributed by atoms with E-state index in [1.807, 2.05) is 74.3 Å². The smallest absolute Gasteiger partial charge is 0.243 e. The summed E-state index contributed by atoms with van der Waals surface area (Å²) in [6.07, 6.45) is 0. The maximum absolute atomic E-state index is 12.5. The zero-order valence-electron chi connectivity index (χ0n) is 16.8. The molecule has 2 aromatic rings. The first-order chi connectivity index (χ1) is 12.8. The van der Waals surface area contributed by atoms with Crippen molar-refractivity contribution in [1.29, 1.82) is 0 Å². The molecule has 0 aliphatic rings. The third-order valence-electron chi connectivity index (χ3n) is 4.88. The van der Waals surface area contributed by atoms with Gasteiger partial charge in [0.15, 0.2) is 0 Å². The SMILES string of the molecule is Cc1cccc(C)c1NC(=O)CN(C)C(=O)CN(C)C(C)c1ccccc1. The molecule has 1 unspecified atom stereocenters. The first-order valence-electron chi connectivity index (χ1n) is 9.14. The van der Waals surface area contributed by atoms with Gasteiger partial charge in [0.25, 0.3) is 0 Å². The van der Waals surface area contributed by atoms with Crippen LogP contribution in [0.4, 0.5) is 5.69 Å². The van der Waals surface area contributed by atoms with Crippen molar-refractivity contribution in [3.05, 3.63) is 65.2 Å². The van der Waals surface area contributed by atoms with Gasteiger partial charge in [0, 0.05) is 18.8 Å². The van der Waals surface area contributed by atoms with Gasteiger partial charge in [-0.2, -0.15) is 0 Å². The number of anilines is 1. The topological polar surface area (TPSA) is 52.7 Å². The second-order valence-corrected chi connectivity index (χ2v) is 7.07. The van der Waals surface area contributed by atoms with Gasteiger partial charge in [-0.05, 0) is 44.5 Å². The van der Waals surface area contributed by atoms with Crippen LogP contribution in [0.25, 0.3) is 0 Å². The lowest BCUT2D eigenvalue weighted by Gasteiger charge is -2.27. The van der Waals surface area contributed by atoms with Crippen molar-refractivity contribution in [1.82, 2.24) is 9.80 Å². The van der Waals surface area contributed by atoms with Crippen LogP contribution in [0.15, 0.2) is 48.5 Å². The van der Waals surface area contributed by atoms with E-state index < -0.39 is 0 Å². The molecule has 27 heavy (non-hydrogen) atoms. The van der Waals surface area contributed by atoms with Crippen LogP contribution in [-0.2, 0) is 9.59 Å². The first-order valence-corrected chi connectivity index (χ1v) is 9.14. The summed E-state index contributed by atoms with van der Waals surface area (Å²) in [5.74, 6) is -0.279. The van der Waals surface area contributed by atoms with Crippen molar-refractivity contribution in [2.75, 3.05) is 32.5 Å². The Hall–Kier alpha value is -2.66. The molecule has 2 rings (SSSR count). The Labute approximate surface area is 162 Å². The fourth-order valence-electron chi connectivity index (χ4n) is 2.95. The number of amides is 2. The number of likely N-dealkylation sites (N-methyl/N-ethyl adjacent to an activating group) is 2. The summed E-state index contributed by atoms with van der Waals surface area (Å²) in [5.41, 5.74) is 3.99. The third-order valence-corrected chi connectivity index (χ3v) is 4.88. The summed E-state index contributed by atoms with van der Waals surface area (Å²) in [5, 5.41) is 2.92. The average molecular weight is 367 g/mol. The summed E-state index contributed by atoms with van der Waals surface area (Å²) >= 11 is 0. The van der Waals surface area contributed by atoms with Crippen LogP contribution < -0.4 is 5.32 Å². The molecule has 0 aromatic heterocycles. The van der Waals surface area contributed by atoms with Gasteiger partial charge in [0.1, 0.15) is 0 Å². The number of rotatable bonds is 7. The Kier molecular flexibility index (Phi) is 7.13. The van der Waals surface area contributed by atoms with Gasteiger partial charge in [-0.3, -0.25) is 14.5 Å². The fourth-order valence-corrected chi connectivity index (χ4v) is 2.95. The molecule has 1 atom stereocenters. The molecule has 0 saturated carbocycles. The summed E-state index contributed by atoms with van der Waals surface area (Å²) < 4.78 is 0. The Bertz CT molecular complexity index is 769. The first kappa shape index (κ1) is 20.6. The van der Waals surface area contributed by atoms with Crippen LogP contribution in [0.5, 0.6) is 0 Å². The summed E-state index contributed by atoms with van der Waals surface area (Å²) in [6, 6.07) is 16.0. The monoisotopic (exact) mass is 367 g/mol. The van der Waals surface area contributed by atoms with Crippen LogP contribution in [0.1, 0.15) is 29.7 Å². The van der Waals surface area contributed by atoms with Crippen molar-refractivity contribution < 1.29 is 9.59 Å². The minimum atomic E-state index is -0.193. The molecule has 0 heterocycles. The van der Waals surface area contributed by atoms with E-state index in [1.54, 1.807) is 7.05 Å². The van der Waals surface area contributed by atoms with E-state index in [2.05, 4.69) is 12.2 Å². The molecular formula is C22H29N3O2. The maximum Gasteiger partial charge on any atom is 0.243 e. The van der Waals surface area contributed by atoms with E-state index in [4.69, 9.17) is 0 Å². The van der Waals surface area contributed by atoms with E-state index in [-0.39, 0.29) is 30.9 Å². The van der Waals surface area contributed by atoms with E-state index in [9.17, 15) is 9.59 Å². The molecule has 5 nitrogen and oxygen atoms in total. The number of nitrogens with zero attached hydrogens (tertiary/aromatic N) is 2. The zero-order valence-corrected chi connectivity index (χ0v) is 16.8. The highest BCUT2D eigenvalue weighted by Gasteiger charge is 2.19. The van der Waals surface area contributed by atoms with Gasteiger partial charge >= 0.3 is 0 Å². The highest BCUT2D eigenvalue weighted by atomic mass is 16.2. The molecule has 2 aromatic carbocycles. The van der Waals surface area contributed by atoms with E-state index in [0.717, 1.165) is 22.4 Å². The van der Waals surface area contributed by atoms with E-state index >= 15 is 0 Å². The average Bonchev–Trinajstić information content (AvgIpc) is 2.64. The van der Waals surface area contributed by atoms with Crippen LogP contribution in [0, 0.1) is 13.8 Å². The molecule has 0 aliphatic carbocycles. The second kappa shape index (κ2) is 9.33. The summed E-state index contributed by atoms with van der Waals surface area (Å²) in [4.78, 5) is 28.3. The molecule has 1 N–H and O–H groups in total. The predicted octanol–water partition coefficient (Wildman–Crippen LogP) is 3.39. The Morgan fingerprint density at radius 3 is 2.11 bits per heavy atom. The standard InChI is InChI=1S/C22H29N3O2/c1-16-10-9-11-17(2)22(16)23-20(26)14-25(5)21(27)15-24(4)18(3)19-12-7-6-8-13-19/h6-13,18H,14-15H2,1-5H3,(H,23,26). The quantitative estimate of drug-likeness (QED) is 0.816. The van der Waals surface area contributed by atoms with Crippen molar-refractivity contribution >= 4 is 17.5 Å². The number of hydrogen-bond acceptors (Lipinski definition) is 3. The molecule has 0 saturated heterocycles. The van der Waals surface area contributed by atoms with Crippen molar-refractivity contribution in [2.24, 2.45) is 0 Å². The van der Waals surface area contributed by atoms with Crippen LogP contribution in [0.3, 0.4) is 0 Å². The Morgan fingerprint density at radius 1 is 0.926 bits per heavy atom. The zero-order chi connectivity index (χ0) is 20.0. The third kappa shape index (κ3) is 5.66. The molecule has 5 heteroatoms. The van der Waals surface area contributed by atoms with Gasteiger partial charge in [0.05, 0.1) is 13.1 Å². The lowest BCUT2D eigenvalue weighted by atomic mass is 10.1. The van der Waals surface area contributed by atoms with Crippen LogP contribution in [0.2, 0.25) is 0 Å². The Morgan fingerprint density at radius 2 is 1.52 bits per heavy atom. The molecule has 0 radical (unpaired) electrons. The summed E-state index contributed by atoms with van der Waals surface area (Å²) in [7, 11) is 3.58. The van der Waals surface area contributed by atoms with Gasteiger partial charge in [-0.25, -0.2) is 0 Å². The normalized spacial score (nSPS) is 11.9. The second-order valence-electron chi connectivity index (χ2n) is 7.07. The lowest BCUT2D eigenvalue weighted by Crippen LogP contribution is -2.41. The molecule has 2 amide bonds. The Balaban J connectivity index is 1.90. The van der Waals surface area contributed by atoms with Gasteiger partial charge in [0.2, 0.25) is 11.8 Å². The molecular weight excluding hydrogens is 338 g/mol.